The topological polar surface area (TPSA) is 20.2 Å². The third kappa shape index (κ3) is 3.38. The summed E-state index contributed by atoms with van der Waals surface area (Å²) in [6.07, 6.45) is 0. The Morgan fingerprint density at radius 2 is 1.67 bits per heavy atom. The molecule has 0 aliphatic rings. The Morgan fingerprint density at radius 1 is 1.22 bits per heavy atom. The third-order valence-electron chi connectivity index (χ3n) is 1.03. The number of aromatic hydroxyl groups is 1. The van der Waals surface area contributed by atoms with Gasteiger partial charge in [0.05, 0.1) is 0 Å². The summed E-state index contributed by atoms with van der Waals surface area (Å²) in [5.74, 6) is 0.329. The van der Waals surface area contributed by atoms with Crippen molar-refractivity contribution in [3.8, 4) is 5.75 Å². The molecule has 0 bridgehead atoms. The summed E-state index contributed by atoms with van der Waals surface area (Å²) >= 11 is 0. The minimum Gasteiger partial charge on any atom is -1.00 e. The van der Waals surface area contributed by atoms with Crippen LogP contribution in [0.1, 0.15) is 6.99 Å². The molecule has 0 heterocycles. The van der Waals surface area contributed by atoms with Crippen molar-refractivity contribution in [1.82, 2.24) is 0 Å². The molecule has 0 atom stereocenters. The van der Waals surface area contributed by atoms with Crippen LogP contribution in [-0.2, 0) is 0 Å². The van der Waals surface area contributed by atoms with Gasteiger partial charge in [-0.2, -0.15) is 0 Å². The molecule has 1 rings (SSSR count). The van der Waals surface area contributed by atoms with E-state index in [4.69, 9.17) is 5.11 Å². The first-order valence-corrected chi connectivity index (χ1v) is 2.54. The second kappa shape index (κ2) is 4.47. The molecule has 0 unspecified atom stereocenters. The minimum absolute atomic E-state index is 0. The predicted molar refractivity (Wildman–Crippen MR) is 34.0 cm³/mol. The van der Waals surface area contributed by atoms with Crippen LogP contribution >= 0.6 is 0 Å². The van der Waals surface area contributed by atoms with E-state index in [-0.39, 0.29) is 52.8 Å². The molecule has 44 valence electrons. The van der Waals surface area contributed by atoms with Crippen LogP contribution in [0.3, 0.4) is 0 Å². The number of rotatable bonds is 0. The molecule has 0 radical (unpaired) electrons. The van der Waals surface area contributed by atoms with E-state index in [2.05, 4.69) is 0 Å². The summed E-state index contributed by atoms with van der Waals surface area (Å²) < 4.78 is 0. The van der Waals surface area contributed by atoms with E-state index in [0.717, 1.165) is 0 Å². The summed E-state index contributed by atoms with van der Waals surface area (Å²) in [6, 6.07) is 7.09. The zero-order valence-electron chi connectivity index (χ0n) is 6.76. The van der Waals surface area contributed by atoms with E-state index in [1.807, 2.05) is 19.1 Å². The van der Waals surface area contributed by atoms with Crippen LogP contribution in [0.25, 0.3) is 0 Å². The van der Waals surface area contributed by atoms with Gasteiger partial charge in [-0.25, -0.2) is 0 Å². The van der Waals surface area contributed by atoms with Crippen molar-refractivity contribution in [2.24, 2.45) is 0 Å². The molecule has 1 nitrogen and oxygen atoms in total. The molecular weight excluding hydrogens is 139 g/mol. The second-order valence-electron chi connectivity index (χ2n) is 1.84. The summed E-state index contributed by atoms with van der Waals surface area (Å²) in [4.78, 5) is 0. The molecule has 0 aliphatic carbocycles. The second-order valence-corrected chi connectivity index (χ2v) is 1.84. The maximum Gasteiger partial charge on any atom is 1.00 e. The van der Waals surface area contributed by atoms with Gasteiger partial charge in [0, 0.05) is 0 Å². The molecule has 0 saturated heterocycles. The summed E-state index contributed by atoms with van der Waals surface area (Å²) in [5, 5.41) is 8.76. The van der Waals surface area contributed by atoms with Crippen molar-refractivity contribution in [1.29, 1.82) is 0 Å². The fourth-order valence-corrected chi connectivity index (χ4v) is 0.545. The third-order valence-corrected chi connectivity index (χ3v) is 1.03. The zero-order valence-corrected chi connectivity index (χ0v) is 8.88. The quantitative estimate of drug-likeness (QED) is 0.459. The van der Waals surface area contributed by atoms with E-state index in [1.165, 1.54) is 5.56 Å². The molecule has 1 N–H and O–H groups in total. The molecule has 0 aromatic heterocycles. The van der Waals surface area contributed by atoms with Gasteiger partial charge in [0.2, 0.25) is 0 Å². The van der Waals surface area contributed by atoms with Gasteiger partial charge in [-0.05, 0) is 19.1 Å². The van der Waals surface area contributed by atoms with Crippen molar-refractivity contribution in [2.45, 2.75) is 6.92 Å². The van der Waals surface area contributed by atoms with E-state index in [1.54, 1.807) is 12.1 Å². The van der Waals surface area contributed by atoms with Crippen LogP contribution in [0.4, 0.5) is 0 Å². The zero-order chi connectivity index (χ0) is 5.98. The van der Waals surface area contributed by atoms with Crippen molar-refractivity contribution in [3.05, 3.63) is 29.8 Å². The molecule has 0 fully saturated rings. The van der Waals surface area contributed by atoms with E-state index >= 15 is 0 Å². The Balaban J connectivity index is 0. The van der Waals surface area contributed by atoms with Crippen molar-refractivity contribution >= 4 is 0 Å². The Hall–Kier alpha value is 0.656. The van der Waals surface area contributed by atoms with Crippen molar-refractivity contribution < 1.29 is 57.9 Å². The number of phenolic OH excluding ortho intramolecular Hbond substituents is 1. The van der Waals surface area contributed by atoms with Crippen molar-refractivity contribution in [2.75, 3.05) is 0 Å². The predicted octanol–water partition coefficient (Wildman–Crippen LogP) is -1.18. The van der Waals surface area contributed by atoms with E-state index < -0.39 is 0 Å². The number of hydrogen-bond donors (Lipinski definition) is 1. The van der Waals surface area contributed by atoms with Gasteiger partial charge in [-0.3, -0.25) is 0 Å². The van der Waals surface area contributed by atoms with Gasteiger partial charge >= 0.3 is 51.4 Å². The van der Waals surface area contributed by atoms with Crippen LogP contribution in [0.2, 0.25) is 0 Å². The first kappa shape index (κ1) is 9.66. The number of hydrogen-bond acceptors (Lipinski definition) is 1. The molecule has 1 aromatic rings. The number of aryl methyl sites for hydroxylation is 1. The first-order valence-electron chi connectivity index (χ1n) is 2.54. The fraction of sp³-hybridized carbons (Fsp3) is 0.143. The van der Waals surface area contributed by atoms with Crippen LogP contribution in [0.15, 0.2) is 24.3 Å². The Labute approximate surface area is 99.0 Å². The Bertz CT molecular complexity index is 152. The first-order chi connectivity index (χ1) is 3.79. The summed E-state index contributed by atoms with van der Waals surface area (Å²) in [5.41, 5.74) is 1.17. The van der Waals surface area contributed by atoms with Crippen LogP contribution in [-0.4, -0.2) is 5.11 Å². The Kier molecular flexibility index (Phi) is 4.79. The molecule has 0 spiro atoms. The maximum absolute atomic E-state index is 8.76. The molecule has 0 saturated carbocycles. The van der Waals surface area contributed by atoms with Crippen molar-refractivity contribution in [3.63, 3.8) is 0 Å². The fourth-order valence-electron chi connectivity index (χ4n) is 0.545. The average molecular weight is 148 g/mol. The molecular formula is C7H9KO. The Morgan fingerprint density at radius 3 is 2.00 bits per heavy atom. The van der Waals surface area contributed by atoms with Gasteiger partial charge in [0.25, 0.3) is 0 Å². The van der Waals surface area contributed by atoms with Gasteiger partial charge in [0.15, 0.2) is 0 Å². The van der Waals surface area contributed by atoms with Gasteiger partial charge in [0.1, 0.15) is 5.75 Å². The molecule has 1 aromatic carbocycles. The van der Waals surface area contributed by atoms with E-state index in [9.17, 15) is 0 Å². The van der Waals surface area contributed by atoms with Crippen LogP contribution in [0.5, 0.6) is 5.75 Å². The summed E-state index contributed by atoms with van der Waals surface area (Å²) in [6.45, 7) is 1.99. The standard InChI is InChI=1S/C7H8O.K.H/c1-6-2-4-7(8)5-3-6;;/h2-5,8H,1H3;;/q;+1;-1. The van der Waals surface area contributed by atoms with Gasteiger partial charge in [-0.15, -0.1) is 0 Å². The summed E-state index contributed by atoms with van der Waals surface area (Å²) in [7, 11) is 0. The average Bonchev–Trinajstić information content (AvgIpc) is 1.77. The molecule has 0 aliphatic heterocycles. The smallest absolute Gasteiger partial charge is 1.00 e. The molecule has 9 heavy (non-hydrogen) atoms. The molecule has 2 heteroatoms. The largest absolute Gasteiger partial charge is 1.00 e. The minimum atomic E-state index is 0. The number of phenols is 1. The SMILES string of the molecule is Cc1ccc(O)cc1.[H-].[K+]. The van der Waals surface area contributed by atoms with Crippen LogP contribution in [0, 0.1) is 6.92 Å². The van der Waals surface area contributed by atoms with Gasteiger partial charge < -0.3 is 6.53 Å². The normalized spacial score (nSPS) is 8.11. The maximum atomic E-state index is 8.76. The monoisotopic (exact) mass is 148 g/mol. The molecule has 0 amide bonds. The van der Waals surface area contributed by atoms with Gasteiger partial charge in [-0.1, -0.05) is 17.7 Å². The van der Waals surface area contributed by atoms with Crippen LogP contribution < -0.4 is 51.4 Å². The number of benzene rings is 1. The van der Waals surface area contributed by atoms with E-state index in [0.29, 0.717) is 5.75 Å².